The highest BCUT2D eigenvalue weighted by molar-refractivity contribution is 5.79. The number of ether oxygens (including phenoxy) is 1. The number of nitrogens with one attached hydrogen (secondary N) is 1. The van der Waals surface area contributed by atoms with Gasteiger partial charge in [0.2, 0.25) is 0 Å². The number of carbonyl (C=O) groups is 4. The van der Waals surface area contributed by atoms with Gasteiger partial charge in [-0.25, -0.2) is 9.59 Å². The van der Waals surface area contributed by atoms with E-state index in [2.05, 4.69) is 9.68 Å². The first-order chi connectivity index (χ1) is 9.65. The van der Waals surface area contributed by atoms with Gasteiger partial charge in [0.1, 0.15) is 11.9 Å². The lowest BCUT2D eigenvalue weighted by molar-refractivity contribution is -0.197. The first-order valence-electron chi connectivity index (χ1n) is 6.17. The van der Waals surface area contributed by atoms with Crippen LogP contribution >= 0.6 is 0 Å². The second-order valence-corrected chi connectivity index (χ2v) is 4.95. The van der Waals surface area contributed by atoms with Gasteiger partial charge in [0, 0.05) is 19.9 Å². The molecule has 0 spiro atoms. The lowest BCUT2D eigenvalue weighted by Crippen LogP contribution is -2.36. The highest BCUT2D eigenvalue weighted by Gasteiger charge is 2.17. The molecule has 0 fully saturated rings. The highest BCUT2D eigenvalue weighted by atomic mass is 16.7. The zero-order valence-electron chi connectivity index (χ0n) is 12.5. The van der Waals surface area contributed by atoms with Crippen LogP contribution in [0.15, 0.2) is 0 Å². The minimum atomic E-state index is -0.895. The molecule has 0 rings (SSSR count). The van der Waals surface area contributed by atoms with E-state index in [9.17, 15) is 19.2 Å². The van der Waals surface area contributed by atoms with Gasteiger partial charge >= 0.3 is 12.1 Å². The average molecular weight is 304 g/mol. The van der Waals surface area contributed by atoms with Gasteiger partial charge in [-0.3, -0.25) is 9.63 Å². The van der Waals surface area contributed by atoms with Gasteiger partial charge in [-0.05, 0) is 20.8 Å². The monoisotopic (exact) mass is 304 g/mol. The predicted molar refractivity (Wildman–Crippen MR) is 69.5 cm³/mol. The van der Waals surface area contributed by atoms with Crippen molar-refractivity contribution in [2.24, 2.45) is 0 Å². The fourth-order valence-corrected chi connectivity index (χ4v) is 1.02. The molecule has 0 aromatic heterocycles. The molecule has 0 unspecified atom stereocenters. The summed E-state index contributed by atoms with van der Waals surface area (Å²) in [6.45, 7) is 4.40. The van der Waals surface area contributed by atoms with Crippen LogP contribution in [0.25, 0.3) is 0 Å². The van der Waals surface area contributed by atoms with E-state index in [1.54, 1.807) is 20.8 Å². The Bertz CT molecular complexity index is 390. The van der Waals surface area contributed by atoms with Crippen LogP contribution in [0.4, 0.5) is 4.79 Å². The lowest BCUT2D eigenvalue weighted by atomic mass is 10.2. The Morgan fingerprint density at radius 2 is 1.86 bits per heavy atom. The minimum absolute atomic E-state index is 0.0391. The third-order valence-corrected chi connectivity index (χ3v) is 1.81. The quantitative estimate of drug-likeness (QED) is 0.556. The SMILES string of the molecule is CN(OC(=O)CONC(=O)OC(C)(C)C)C(=O)CCC=O. The fourth-order valence-electron chi connectivity index (χ4n) is 1.02. The molecular weight excluding hydrogens is 284 g/mol. The molecule has 9 nitrogen and oxygen atoms in total. The summed E-state index contributed by atoms with van der Waals surface area (Å²) in [5.74, 6) is -1.43. The minimum Gasteiger partial charge on any atom is -0.442 e. The van der Waals surface area contributed by atoms with Crippen molar-refractivity contribution in [2.75, 3.05) is 13.7 Å². The molecular formula is C12H20N2O7. The third-order valence-electron chi connectivity index (χ3n) is 1.81. The Kier molecular flexibility index (Phi) is 7.99. The van der Waals surface area contributed by atoms with E-state index < -0.39 is 30.2 Å². The molecule has 0 aliphatic carbocycles. The smallest absolute Gasteiger partial charge is 0.431 e. The fraction of sp³-hybridized carbons (Fsp3) is 0.667. The molecule has 0 aromatic carbocycles. The molecule has 0 saturated heterocycles. The van der Waals surface area contributed by atoms with E-state index in [0.29, 0.717) is 11.3 Å². The summed E-state index contributed by atoms with van der Waals surface area (Å²) in [6.07, 6.45) is -0.297. The standard InChI is InChI=1S/C12H20N2O7/c1-12(2,3)20-11(18)13-19-8-10(17)21-14(4)9(16)6-5-7-15/h7H,5-6,8H2,1-4H3,(H,13,18). The summed E-state index contributed by atoms with van der Waals surface area (Å²) in [5, 5.41) is 0.697. The van der Waals surface area contributed by atoms with Gasteiger partial charge in [0.25, 0.3) is 5.91 Å². The molecule has 21 heavy (non-hydrogen) atoms. The van der Waals surface area contributed by atoms with Crippen LogP contribution in [0.1, 0.15) is 33.6 Å². The summed E-state index contributed by atoms with van der Waals surface area (Å²) in [5.41, 5.74) is 1.20. The molecule has 0 aliphatic rings. The number of carbonyl (C=O) groups excluding carboxylic acids is 4. The summed E-state index contributed by atoms with van der Waals surface area (Å²) in [7, 11) is 1.23. The van der Waals surface area contributed by atoms with Crippen molar-refractivity contribution in [3.05, 3.63) is 0 Å². The summed E-state index contributed by atoms with van der Waals surface area (Å²) in [4.78, 5) is 53.1. The van der Waals surface area contributed by atoms with Crippen LogP contribution in [0.2, 0.25) is 0 Å². The number of hydrogen-bond donors (Lipinski definition) is 1. The summed E-state index contributed by atoms with van der Waals surface area (Å²) < 4.78 is 4.86. The molecule has 9 heteroatoms. The molecule has 0 aliphatic heterocycles. The van der Waals surface area contributed by atoms with Gasteiger partial charge in [-0.1, -0.05) is 0 Å². The van der Waals surface area contributed by atoms with Gasteiger partial charge in [0.15, 0.2) is 6.61 Å². The van der Waals surface area contributed by atoms with Crippen molar-refractivity contribution in [3.8, 4) is 0 Å². The number of aldehydes is 1. The van der Waals surface area contributed by atoms with Crippen molar-refractivity contribution in [1.82, 2.24) is 10.5 Å². The van der Waals surface area contributed by atoms with E-state index in [1.807, 2.05) is 5.48 Å². The Morgan fingerprint density at radius 3 is 2.38 bits per heavy atom. The van der Waals surface area contributed by atoms with Crippen LogP contribution in [-0.4, -0.2) is 48.6 Å². The predicted octanol–water partition coefficient (Wildman–Crippen LogP) is 0.338. The Labute approximate surface area is 122 Å². The maximum atomic E-state index is 11.3. The highest BCUT2D eigenvalue weighted by Crippen LogP contribution is 2.06. The first kappa shape index (κ1) is 18.8. The number of amides is 2. The number of nitrogens with zero attached hydrogens (tertiary/aromatic N) is 1. The molecule has 0 aromatic rings. The van der Waals surface area contributed by atoms with E-state index in [0.717, 1.165) is 0 Å². The number of hydrogen-bond acceptors (Lipinski definition) is 7. The van der Waals surface area contributed by atoms with Crippen molar-refractivity contribution in [2.45, 2.75) is 39.2 Å². The van der Waals surface area contributed by atoms with E-state index in [4.69, 9.17) is 4.74 Å². The Balaban J connectivity index is 3.92. The Morgan fingerprint density at radius 1 is 1.24 bits per heavy atom. The largest absolute Gasteiger partial charge is 0.442 e. The zero-order valence-corrected chi connectivity index (χ0v) is 12.5. The second kappa shape index (κ2) is 8.90. The van der Waals surface area contributed by atoms with Gasteiger partial charge in [-0.2, -0.15) is 10.5 Å². The maximum absolute atomic E-state index is 11.3. The van der Waals surface area contributed by atoms with Crippen molar-refractivity contribution < 1.29 is 33.6 Å². The normalized spacial score (nSPS) is 10.5. The Hall–Kier alpha value is -2.16. The number of rotatable bonds is 6. The van der Waals surface area contributed by atoms with Crippen molar-refractivity contribution >= 4 is 24.3 Å². The molecule has 2 amide bonds. The molecule has 0 saturated carbocycles. The van der Waals surface area contributed by atoms with E-state index in [-0.39, 0.29) is 12.8 Å². The molecule has 0 bridgehead atoms. The summed E-state index contributed by atoms with van der Waals surface area (Å²) >= 11 is 0. The lowest BCUT2D eigenvalue weighted by Gasteiger charge is -2.19. The van der Waals surface area contributed by atoms with E-state index in [1.165, 1.54) is 7.05 Å². The van der Waals surface area contributed by atoms with Crippen LogP contribution < -0.4 is 5.48 Å². The van der Waals surface area contributed by atoms with Gasteiger partial charge < -0.3 is 14.4 Å². The van der Waals surface area contributed by atoms with Gasteiger partial charge in [0.05, 0.1) is 0 Å². The van der Waals surface area contributed by atoms with Crippen LogP contribution in [0.3, 0.4) is 0 Å². The second-order valence-electron chi connectivity index (χ2n) is 4.95. The maximum Gasteiger partial charge on any atom is 0.431 e. The molecule has 0 atom stereocenters. The van der Waals surface area contributed by atoms with Crippen LogP contribution in [-0.2, 0) is 28.8 Å². The molecule has 1 N–H and O–H groups in total. The number of hydroxylamine groups is 3. The van der Waals surface area contributed by atoms with Crippen LogP contribution in [0, 0.1) is 0 Å². The van der Waals surface area contributed by atoms with Crippen molar-refractivity contribution in [1.29, 1.82) is 0 Å². The zero-order chi connectivity index (χ0) is 16.5. The molecule has 120 valence electrons. The first-order valence-corrected chi connectivity index (χ1v) is 6.17. The average Bonchev–Trinajstić information content (AvgIpc) is 2.33. The third kappa shape index (κ3) is 10.3. The van der Waals surface area contributed by atoms with Crippen molar-refractivity contribution in [3.63, 3.8) is 0 Å². The summed E-state index contributed by atoms with van der Waals surface area (Å²) in [6, 6.07) is 0. The van der Waals surface area contributed by atoms with E-state index >= 15 is 0 Å². The molecule has 0 heterocycles. The topological polar surface area (TPSA) is 111 Å². The van der Waals surface area contributed by atoms with Gasteiger partial charge in [-0.15, -0.1) is 0 Å². The molecule has 0 radical (unpaired) electrons. The van der Waals surface area contributed by atoms with Crippen LogP contribution in [0.5, 0.6) is 0 Å².